The number of amides is 1. The lowest BCUT2D eigenvalue weighted by atomic mass is 10.2. The summed E-state index contributed by atoms with van der Waals surface area (Å²) in [6, 6.07) is 7.73. The van der Waals surface area contributed by atoms with Crippen LogP contribution in [0.25, 0.3) is 0 Å². The summed E-state index contributed by atoms with van der Waals surface area (Å²) in [5.41, 5.74) is 0.250. The average molecular weight is 534 g/mol. The molecule has 0 radical (unpaired) electrons. The molecule has 0 aliphatic carbocycles. The first-order valence-corrected chi connectivity index (χ1v) is 13.0. The number of hydrogen-bond donors (Lipinski definition) is 2. The number of anilines is 1. The van der Waals surface area contributed by atoms with Gasteiger partial charge in [-0.25, -0.2) is 22.2 Å². The Labute approximate surface area is 213 Å². The van der Waals surface area contributed by atoms with E-state index in [1.807, 2.05) is 0 Å². The molecule has 3 rings (SSSR count). The summed E-state index contributed by atoms with van der Waals surface area (Å²) in [6.45, 7) is 8.62. The van der Waals surface area contributed by atoms with E-state index < -0.39 is 43.3 Å². The molecule has 198 valence electrons. The van der Waals surface area contributed by atoms with E-state index in [4.69, 9.17) is 4.74 Å². The smallest absolute Gasteiger partial charge is 0.276 e. The summed E-state index contributed by atoms with van der Waals surface area (Å²) in [7, 11) is -4.20. The fourth-order valence-corrected chi connectivity index (χ4v) is 4.81. The molecule has 0 unspecified atom stereocenters. The van der Waals surface area contributed by atoms with Crippen LogP contribution in [0.15, 0.2) is 47.4 Å². The number of ether oxygens (including phenoxy) is 1. The van der Waals surface area contributed by atoms with E-state index in [-0.39, 0.29) is 23.4 Å². The SMILES string of the molecule is CC[C@@H](C)NS(=O)(=O)c1cc([N+](=O)[O-])ccc1Oc1c(C)c(C(=O)Nc2ccc(F)cc2)nn1C(C)C. The molecule has 0 aliphatic heterocycles. The number of hydrogen-bond acceptors (Lipinski definition) is 7. The summed E-state index contributed by atoms with van der Waals surface area (Å²) in [6.07, 6.45) is 0.496. The van der Waals surface area contributed by atoms with E-state index >= 15 is 0 Å². The van der Waals surface area contributed by atoms with Crippen LogP contribution in [0.3, 0.4) is 0 Å². The summed E-state index contributed by atoms with van der Waals surface area (Å²) >= 11 is 0. The molecule has 0 aliphatic rings. The number of nitrogens with zero attached hydrogens (tertiary/aromatic N) is 3. The Bertz CT molecular complexity index is 1420. The fraction of sp³-hybridized carbons (Fsp3) is 0.333. The minimum atomic E-state index is -4.20. The molecule has 0 spiro atoms. The van der Waals surface area contributed by atoms with Gasteiger partial charge >= 0.3 is 0 Å². The number of nitro groups is 1. The number of benzene rings is 2. The van der Waals surface area contributed by atoms with Crippen LogP contribution in [-0.4, -0.2) is 35.1 Å². The normalized spacial score (nSPS) is 12.4. The third-order valence-corrected chi connectivity index (χ3v) is 7.11. The molecular weight excluding hydrogens is 505 g/mol. The summed E-state index contributed by atoms with van der Waals surface area (Å²) < 4.78 is 49.3. The molecule has 0 fully saturated rings. The Kier molecular flexibility index (Phi) is 8.28. The Morgan fingerprint density at radius 2 is 1.84 bits per heavy atom. The number of carbonyl (C=O) groups excluding carboxylic acids is 1. The topological polar surface area (TPSA) is 145 Å². The summed E-state index contributed by atoms with van der Waals surface area (Å²) in [5.74, 6) is -1.11. The minimum absolute atomic E-state index is 0.0112. The molecule has 1 amide bonds. The second-order valence-electron chi connectivity index (χ2n) is 8.70. The van der Waals surface area contributed by atoms with Gasteiger partial charge in [0.1, 0.15) is 16.5 Å². The molecule has 1 aromatic heterocycles. The van der Waals surface area contributed by atoms with E-state index in [0.717, 1.165) is 12.1 Å². The monoisotopic (exact) mass is 533 g/mol. The zero-order valence-corrected chi connectivity index (χ0v) is 21.8. The molecule has 13 heteroatoms. The lowest BCUT2D eigenvalue weighted by Crippen LogP contribution is -2.32. The molecule has 37 heavy (non-hydrogen) atoms. The highest BCUT2D eigenvalue weighted by molar-refractivity contribution is 7.89. The molecular formula is C24H28FN5O6S. The molecule has 3 aromatic rings. The van der Waals surface area contributed by atoms with Crippen LogP contribution in [-0.2, 0) is 10.0 Å². The predicted molar refractivity (Wildman–Crippen MR) is 135 cm³/mol. The van der Waals surface area contributed by atoms with Crippen molar-refractivity contribution in [2.45, 2.75) is 58.0 Å². The quantitative estimate of drug-likeness (QED) is 0.277. The number of nitrogens with one attached hydrogen (secondary N) is 2. The summed E-state index contributed by atoms with van der Waals surface area (Å²) in [4.78, 5) is 23.2. The van der Waals surface area contributed by atoms with Crippen LogP contribution in [0, 0.1) is 22.9 Å². The van der Waals surface area contributed by atoms with Gasteiger partial charge in [0.05, 0.1) is 11.0 Å². The second-order valence-corrected chi connectivity index (χ2v) is 10.4. The van der Waals surface area contributed by atoms with Crippen molar-refractivity contribution >= 4 is 27.3 Å². The van der Waals surface area contributed by atoms with Crippen molar-refractivity contribution in [3.8, 4) is 11.6 Å². The van der Waals surface area contributed by atoms with E-state index in [0.29, 0.717) is 17.7 Å². The van der Waals surface area contributed by atoms with Gasteiger partial charge in [-0.1, -0.05) is 6.92 Å². The number of carbonyl (C=O) groups is 1. The van der Waals surface area contributed by atoms with Crippen LogP contribution in [0.2, 0.25) is 0 Å². The van der Waals surface area contributed by atoms with E-state index in [1.54, 1.807) is 34.6 Å². The van der Waals surface area contributed by atoms with Gasteiger partial charge in [-0.15, -0.1) is 0 Å². The van der Waals surface area contributed by atoms with E-state index in [9.17, 15) is 27.7 Å². The maximum atomic E-state index is 13.2. The Hall–Kier alpha value is -3.84. The summed E-state index contributed by atoms with van der Waals surface area (Å²) in [5, 5.41) is 18.3. The van der Waals surface area contributed by atoms with Gasteiger partial charge in [0.15, 0.2) is 5.69 Å². The molecule has 0 bridgehead atoms. The number of halogens is 1. The van der Waals surface area contributed by atoms with Gasteiger partial charge in [0.2, 0.25) is 15.9 Å². The number of sulfonamides is 1. The first-order chi connectivity index (χ1) is 17.3. The van der Waals surface area contributed by atoms with Crippen molar-refractivity contribution in [2.75, 3.05) is 5.32 Å². The van der Waals surface area contributed by atoms with Gasteiger partial charge < -0.3 is 10.1 Å². The first kappa shape index (κ1) is 27.7. The highest BCUT2D eigenvalue weighted by atomic mass is 32.2. The van der Waals surface area contributed by atoms with Crippen molar-refractivity contribution in [3.05, 3.63) is 69.7 Å². The van der Waals surface area contributed by atoms with Crippen molar-refractivity contribution in [1.29, 1.82) is 0 Å². The van der Waals surface area contributed by atoms with E-state index in [1.165, 1.54) is 35.0 Å². The first-order valence-electron chi connectivity index (χ1n) is 11.5. The Balaban J connectivity index is 2.06. The molecule has 1 heterocycles. The van der Waals surface area contributed by atoms with Crippen LogP contribution in [0.4, 0.5) is 15.8 Å². The highest BCUT2D eigenvalue weighted by Gasteiger charge is 2.28. The number of non-ortho nitro benzene ring substituents is 1. The highest BCUT2D eigenvalue weighted by Crippen LogP contribution is 2.36. The van der Waals surface area contributed by atoms with Crippen molar-refractivity contribution in [2.24, 2.45) is 0 Å². The molecule has 0 saturated heterocycles. The van der Waals surface area contributed by atoms with Crippen LogP contribution < -0.4 is 14.8 Å². The standard InChI is InChI=1S/C24H28FN5O6S/c1-6-15(4)28-37(34,35)21-13-19(30(32)33)11-12-20(21)36-24-16(5)22(27-29(24)14(2)3)23(31)26-18-9-7-17(25)8-10-18/h7-15,28H,6H2,1-5H3,(H,26,31)/t15-/m1/s1. The zero-order valence-electron chi connectivity index (χ0n) is 21.0. The number of aromatic nitrogens is 2. The van der Waals surface area contributed by atoms with Crippen LogP contribution in [0.5, 0.6) is 11.6 Å². The fourth-order valence-electron chi connectivity index (χ4n) is 3.33. The Morgan fingerprint density at radius 3 is 2.41 bits per heavy atom. The predicted octanol–water partition coefficient (Wildman–Crippen LogP) is 4.94. The van der Waals surface area contributed by atoms with Crippen molar-refractivity contribution in [3.63, 3.8) is 0 Å². The van der Waals surface area contributed by atoms with Crippen LogP contribution >= 0.6 is 0 Å². The van der Waals surface area contributed by atoms with Gasteiger partial charge in [-0.2, -0.15) is 5.10 Å². The van der Waals surface area contributed by atoms with Crippen molar-refractivity contribution < 1.29 is 27.3 Å². The molecule has 1 atom stereocenters. The minimum Gasteiger partial charge on any atom is -0.438 e. The van der Waals surface area contributed by atoms with Crippen molar-refractivity contribution in [1.82, 2.24) is 14.5 Å². The van der Waals surface area contributed by atoms with Gasteiger partial charge in [0, 0.05) is 29.4 Å². The number of nitro benzene ring substituents is 1. The maximum absolute atomic E-state index is 13.2. The third-order valence-electron chi connectivity index (χ3n) is 5.50. The van der Waals surface area contributed by atoms with Gasteiger partial charge in [-0.05, 0) is 64.4 Å². The van der Waals surface area contributed by atoms with E-state index in [2.05, 4.69) is 15.1 Å². The average Bonchev–Trinajstić information content (AvgIpc) is 3.16. The lowest BCUT2D eigenvalue weighted by molar-refractivity contribution is -0.385. The van der Waals surface area contributed by atoms with Gasteiger partial charge in [0.25, 0.3) is 11.6 Å². The Morgan fingerprint density at radius 1 is 1.19 bits per heavy atom. The molecule has 11 nitrogen and oxygen atoms in total. The second kappa shape index (κ2) is 11.0. The molecule has 0 saturated carbocycles. The zero-order chi connectivity index (χ0) is 27.5. The largest absolute Gasteiger partial charge is 0.438 e. The molecule has 2 aromatic carbocycles. The third kappa shape index (κ3) is 6.30. The lowest BCUT2D eigenvalue weighted by Gasteiger charge is -2.17. The number of rotatable bonds is 10. The van der Waals surface area contributed by atoms with Gasteiger partial charge in [-0.3, -0.25) is 14.9 Å². The maximum Gasteiger partial charge on any atom is 0.276 e. The molecule has 2 N–H and O–H groups in total. The van der Waals surface area contributed by atoms with Crippen LogP contribution in [0.1, 0.15) is 56.2 Å².